The van der Waals surface area contributed by atoms with E-state index >= 15 is 0 Å². The van der Waals surface area contributed by atoms with Crippen molar-refractivity contribution < 1.29 is 24.1 Å². The predicted octanol–water partition coefficient (Wildman–Crippen LogP) is 0.664. The Balaban J connectivity index is 1.67. The quantitative estimate of drug-likeness (QED) is 0.882. The van der Waals surface area contributed by atoms with Crippen molar-refractivity contribution in [1.82, 2.24) is 4.90 Å². The summed E-state index contributed by atoms with van der Waals surface area (Å²) in [5.41, 5.74) is 1.11. The minimum Gasteiger partial charge on any atom is -0.486 e. The third-order valence-corrected chi connectivity index (χ3v) is 4.25. The first-order valence-corrected chi connectivity index (χ1v) is 7.56. The average molecular weight is 309 g/mol. The molecule has 0 bridgehead atoms. The molecule has 0 unspecified atom stereocenters. The van der Waals surface area contributed by atoms with Crippen LogP contribution in [0, 0.1) is 0 Å². The fourth-order valence-electron chi connectivity index (χ4n) is 2.94. The van der Waals surface area contributed by atoms with E-state index < -0.39 is 6.10 Å². The molecule has 22 heavy (non-hydrogen) atoms. The zero-order chi connectivity index (χ0) is 15.5. The highest BCUT2D eigenvalue weighted by Crippen LogP contribution is 2.31. The second-order valence-electron chi connectivity index (χ2n) is 5.76. The average Bonchev–Trinajstić information content (AvgIpc) is 2.55. The molecule has 6 heteroatoms. The summed E-state index contributed by atoms with van der Waals surface area (Å²) in [4.78, 5) is 2.08. The molecule has 0 aliphatic carbocycles. The Kier molecular flexibility index (Phi) is 4.83. The molecular formula is C16H23NO5. The third-order valence-electron chi connectivity index (χ3n) is 4.25. The largest absolute Gasteiger partial charge is 0.486 e. The van der Waals surface area contributed by atoms with Gasteiger partial charge in [0.1, 0.15) is 25.4 Å². The molecule has 1 fully saturated rings. The van der Waals surface area contributed by atoms with Crippen LogP contribution in [0.2, 0.25) is 0 Å². The van der Waals surface area contributed by atoms with Crippen molar-refractivity contribution in [3.8, 4) is 11.5 Å². The molecule has 1 N–H and O–H groups in total. The van der Waals surface area contributed by atoms with Gasteiger partial charge in [-0.15, -0.1) is 0 Å². The Hall–Kier alpha value is -1.34. The lowest BCUT2D eigenvalue weighted by atomic mass is 10.0. The molecule has 3 rings (SSSR count). The van der Waals surface area contributed by atoms with E-state index in [1.807, 2.05) is 25.2 Å². The van der Waals surface area contributed by atoms with Gasteiger partial charge in [-0.2, -0.15) is 0 Å². The van der Waals surface area contributed by atoms with Crippen molar-refractivity contribution in [2.24, 2.45) is 0 Å². The number of hydrogen-bond acceptors (Lipinski definition) is 6. The summed E-state index contributed by atoms with van der Waals surface area (Å²) in [6.45, 7) is 2.81. The monoisotopic (exact) mass is 309 g/mol. The van der Waals surface area contributed by atoms with Gasteiger partial charge in [0.25, 0.3) is 0 Å². The summed E-state index contributed by atoms with van der Waals surface area (Å²) < 4.78 is 21.9. The van der Waals surface area contributed by atoms with Crippen LogP contribution in [0.15, 0.2) is 18.2 Å². The van der Waals surface area contributed by atoms with E-state index in [0.29, 0.717) is 33.0 Å². The summed E-state index contributed by atoms with van der Waals surface area (Å²) in [7, 11) is 3.58. The second-order valence-corrected chi connectivity index (χ2v) is 5.76. The smallest absolute Gasteiger partial charge is 0.161 e. The van der Waals surface area contributed by atoms with E-state index in [4.69, 9.17) is 18.9 Å². The van der Waals surface area contributed by atoms with Crippen molar-refractivity contribution in [3.05, 3.63) is 23.8 Å². The van der Waals surface area contributed by atoms with Crippen LogP contribution >= 0.6 is 0 Å². The molecule has 1 saturated heterocycles. The Labute approximate surface area is 130 Å². The topological polar surface area (TPSA) is 60.4 Å². The number of hydrogen-bond donors (Lipinski definition) is 1. The Bertz CT molecular complexity index is 509. The first-order valence-electron chi connectivity index (χ1n) is 7.56. The SMILES string of the molecule is CO[C@@H]1COC[C@@H](N(C)Cc2ccc3c(c2)OCCO3)[C@@H]1O. The highest BCUT2D eigenvalue weighted by molar-refractivity contribution is 5.43. The molecule has 0 radical (unpaired) electrons. The lowest BCUT2D eigenvalue weighted by Crippen LogP contribution is -2.55. The number of aliphatic hydroxyl groups is 1. The number of ether oxygens (including phenoxy) is 4. The van der Waals surface area contributed by atoms with Gasteiger partial charge in [-0.1, -0.05) is 6.07 Å². The van der Waals surface area contributed by atoms with E-state index in [-0.39, 0.29) is 12.1 Å². The Morgan fingerprint density at radius 1 is 1.23 bits per heavy atom. The van der Waals surface area contributed by atoms with E-state index in [2.05, 4.69) is 4.90 Å². The molecule has 0 aromatic heterocycles. The molecule has 1 aromatic rings. The van der Waals surface area contributed by atoms with Gasteiger partial charge in [0, 0.05) is 13.7 Å². The van der Waals surface area contributed by atoms with E-state index in [0.717, 1.165) is 17.1 Å². The summed E-state index contributed by atoms with van der Waals surface area (Å²) in [6, 6.07) is 5.86. The second kappa shape index (κ2) is 6.83. The maximum atomic E-state index is 10.4. The van der Waals surface area contributed by atoms with Crippen molar-refractivity contribution in [3.63, 3.8) is 0 Å². The fourth-order valence-corrected chi connectivity index (χ4v) is 2.94. The first-order chi connectivity index (χ1) is 10.7. The van der Waals surface area contributed by atoms with E-state index in [1.54, 1.807) is 7.11 Å². The summed E-state index contributed by atoms with van der Waals surface area (Å²) in [5.74, 6) is 1.57. The van der Waals surface area contributed by atoms with Crippen molar-refractivity contribution >= 4 is 0 Å². The lowest BCUT2D eigenvalue weighted by molar-refractivity contribution is -0.142. The third kappa shape index (κ3) is 3.20. The van der Waals surface area contributed by atoms with Gasteiger partial charge in [0.15, 0.2) is 11.5 Å². The highest BCUT2D eigenvalue weighted by atomic mass is 16.6. The minimum atomic E-state index is -0.555. The number of methoxy groups -OCH3 is 1. The van der Waals surface area contributed by atoms with Crippen LogP contribution in [-0.4, -0.2) is 68.8 Å². The maximum Gasteiger partial charge on any atom is 0.161 e. The van der Waals surface area contributed by atoms with Crippen LogP contribution in [0.1, 0.15) is 5.56 Å². The number of benzene rings is 1. The van der Waals surface area contributed by atoms with Crippen LogP contribution in [0.5, 0.6) is 11.5 Å². The molecule has 6 nitrogen and oxygen atoms in total. The predicted molar refractivity (Wildman–Crippen MR) is 80.3 cm³/mol. The van der Waals surface area contributed by atoms with Crippen LogP contribution in [0.4, 0.5) is 0 Å². The zero-order valence-electron chi connectivity index (χ0n) is 13.0. The van der Waals surface area contributed by atoms with Crippen molar-refractivity contribution in [2.75, 3.05) is 40.6 Å². The highest BCUT2D eigenvalue weighted by Gasteiger charge is 2.35. The van der Waals surface area contributed by atoms with Crippen LogP contribution < -0.4 is 9.47 Å². The Morgan fingerprint density at radius 2 is 2.00 bits per heavy atom. The standard InChI is InChI=1S/C16H23NO5/c1-17(12-9-20-10-15(19-2)16(12)18)8-11-3-4-13-14(7-11)22-6-5-21-13/h3-4,7,12,15-16,18H,5-6,8-10H2,1-2H3/t12-,15-,16+/m1/s1. The molecule has 3 atom stereocenters. The zero-order valence-corrected chi connectivity index (χ0v) is 13.0. The van der Waals surface area contributed by atoms with Crippen LogP contribution in [0.25, 0.3) is 0 Å². The minimum absolute atomic E-state index is 0.0908. The summed E-state index contributed by atoms with van der Waals surface area (Å²) in [5, 5.41) is 10.4. The van der Waals surface area contributed by atoms with E-state index in [1.165, 1.54) is 0 Å². The van der Waals surface area contributed by atoms with Gasteiger partial charge in [-0.3, -0.25) is 4.90 Å². The molecular weight excluding hydrogens is 286 g/mol. The molecule has 2 aliphatic heterocycles. The molecule has 0 spiro atoms. The van der Waals surface area contributed by atoms with E-state index in [9.17, 15) is 5.11 Å². The summed E-state index contributed by atoms with van der Waals surface area (Å²) in [6.07, 6.45) is -0.831. The van der Waals surface area contributed by atoms with Crippen molar-refractivity contribution in [2.45, 2.75) is 24.8 Å². The van der Waals surface area contributed by atoms with Gasteiger partial charge in [-0.05, 0) is 24.7 Å². The van der Waals surface area contributed by atoms with Gasteiger partial charge >= 0.3 is 0 Å². The molecule has 2 heterocycles. The van der Waals surface area contributed by atoms with Crippen LogP contribution in [-0.2, 0) is 16.0 Å². The maximum absolute atomic E-state index is 10.4. The number of fused-ring (bicyclic) bond motifs is 1. The molecule has 122 valence electrons. The van der Waals surface area contributed by atoms with Gasteiger partial charge in [0.05, 0.1) is 19.3 Å². The summed E-state index contributed by atoms with van der Waals surface area (Å²) >= 11 is 0. The number of aliphatic hydroxyl groups excluding tert-OH is 1. The molecule has 0 saturated carbocycles. The fraction of sp³-hybridized carbons (Fsp3) is 0.625. The first kappa shape index (κ1) is 15.6. The number of nitrogens with zero attached hydrogens (tertiary/aromatic N) is 1. The molecule has 2 aliphatic rings. The van der Waals surface area contributed by atoms with Gasteiger partial charge in [-0.25, -0.2) is 0 Å². The van der Waals surface area contributed by atoms with Crippen LogP contribution in [0.3, 0.4) is 0 Å². The van der Waals surface area contributed by atoms with Gasteiger partial charge in [0.2, 0.25) is 0 Å². The molecule has 0 amide bonds. The Morgan fingerprint density at radius 3 is 2.77 bits per heavy atom. The number of likely N-dealkylation sites (N-methyl/N-ethyl adjacent to an activating group) is 1. The number of rotatable bonds is 4. The lowest BCUT2D eigenvalue weighted by Gasteiger charge is -2.39. The van der Waals surface area contributed by atoms with Crippen molar-refractivity contribution in [1.29, 1.82) is 0 Å². The normalized spacial score (nSPS) is 27.9. The molecule has 1 aromatic carbocycles. The van der Waals surface area contributed by atoms with Gasteiger partial charge < -0.3 is 24.1 Å².